The summed E-state index contributed by atoms with van der Waals surface area (Å²) in [6, 6.07) is 3.81. The third-order valence-electron chi connectivity index (χ3n) is 8.69. The Bertz CT molecular complexity index is 1410. The maximum atomic E-state index is 13.8. The van der Waals surface area contributed by atoms with Crippen molar-refractivity contribution in [1.82, 2.24) is 0 Å². The summed E-state index contributed by atoms with van der Waals surface area (Å²) in [5.74, 6) is -4.10. The van der Waals surface area contributed by atoms with Gasteiger partial charge in [-0.15, -0.1) is 17.0 Å². The molecular weight excluding hydrogens is 698 g/mol. The van der Waals surface area contributed by atoms with Crippen molar-refractivity contribution in [3.63, 3.8) is 0 Å². The number of methoxy groups -OCH3 is 3. The number of nitrogens with two attached hydrogens (primary N) is 1. The summed E-state index contributed by atoms with van der Waals surface area (Å²) < 4.78 is 28.7. The van der Waals surface area contributed by atoms with E-state index in [2.05, 4.69) is 15.9 Å². The molecule has 0 amide bonds. The number of hydrogen-bond donors (Lipinski definition) is 5. The lowest BCUT2D eigenvalue weighted by molar-refractivity contribution is -0.306. The molecule has 2 aliphatic carbocycles. The molecule has 6 N–H and O–H groups in total. The Balaban J connectivity index is 0.00000423. The standard InChI is InChI=1S/C29H34BrNO11.BrH/c1-12-23(32)15(31)8-18(41-12)42-17-10-28(37,29(11-30,39-3)40-4)9-14-20(17)27(36)22-21(25(14)34)24(33)13-6-5-7-16(38-2)19(13)26(22)35;/h5-7,12,15,17-18,23,32,34,36-37H,8-11,31H2,1-4H3;1H. The van der Waals surface area contributed by atoms with Crippen molar-refractivity contribution < 1.29 is 53.7 Å². The fourth-order valence-corrected chi connectivity index (χ4v) is 7.36. The van der Waals surface area contributed by atoms with Crippen LogP contribution in [0, 0.1) is 0 Å². The number of carbonyl (C=O) groups excluding carboxylic acids is 2. The molecule has 0 radical (unpaired) electrons. The normalized spacial score (nSPS) is 28.4. The SMILES string of the molecule is Br.COc1cccc2c1C(=O)c1c(O)c3c(c(O)c1C2=O)CC(O)(C(CBr)(OC)OC)CC3OC1CC(N)C(O)C(C)O1. The maximum absolute atomic E-state index is 13.8. The van der Waals surface area contributed by atoms with Crippen molar-refractivity contribution in [2.24, 2.45) is 5.73 Å². The molecule has 1 saturated heterocycles. The van der Waals surface area contributed by atoms with Gasteiger partial charge in [0.25, 0.3) is 0 Å². The van der Waals surface area contributed by atoms with E-state index in [0.717, 1.165) is 0 Å². The molecule has 14 heteroatoms. The minimum atomic E-state index is -1.89. The monoisotopic (exact) mass is 731 g/mol. The van der Waals surface area contributed by atoms with Crippen molar-refractivity contribution >= 4 is 44.5 Å². The third-order valence-corrected chi connectivity index (χ3v) is 9.43. The zero-order chi connectivity index (χ0) is 30.7. The number of aliphatic hydroxyl groups excluding tert-OH is 1. The first-order valence-corrected chi connectivity index (χ1v) is 14.5. The van der Waals surface area contributed by atoms with E-state index in [1.807, 2.05) is 0 Å². The molecule has 6 atom stereocenters. The summed E-state index contributed by atoms with van der Waals surface area (Å²) in [7, 11) is 4.04. The van der Waals surface area contributed by atoms with Crippen LogP contribution in [0.4, 0.5) is 0 Å². The van der Waals surface area contributed by atoms with E-state index in [1.54, 1.807) is 13.0 Å². The Morgan fingerprint density at radius 2 is 1.74 bits per heavy atom. The van der Waals surface area contributed by atoms with Gasteiger partial charge in [0.15, 0.2) is 12.1 Å². The van der Waals surface area contributed by atoms with E-state index in [0.29, 0.717) is 0 Å². The molecule has 236 valence electrons. The lowest BCUT2D eigenvalue weighted by atomic mass is 9.70. The van der Waals surface area contributed by atoms with E-state index in [4.69, 9.17) is 29.4 Å². The zero-order valence-corrected chi connectivity index (χ0v) is 27.3. The molecule has 1 aliphatic heterocycles. The van der Waals surface area contributed by atoms with Gasteiger partial charge in [0.1, 0.15) is 22.8 Å². The summed E-state index contributed by atoms with van der Waals surface area (Å²) >= 11 is 3.34. The molecule has 2 aromatic carbocycles. The molecule has 0 saturated carbocycles. The average Bonchev–Trinajstić information content (AvgIpc) is 2.96. The molecule has 43 heavy (non-hydrogen) atoms. The number of ketones is 2. The van der Waals surface area contributed by atoms with Gasteiger partial charge in [-0.2, -0.15) is 0 Å². The van der Waals surface area contributed by atoms with Gasteiger partial charge in [-0.3, -0.25) is 9.59 Å². The first-order valence-electron chi connectivity index (χ1n) is 13.4. The fraction of sp³-hybridized carbons (Fsp3) is 0.517. The summed E-state index contributed by atoms with van der Waals surface area (Å²) in [5, 5.41) is 45.7. The van der Waals surface area contributed by atoms with E-state index >= 15 is 0 Å². The number of benzene rings is 2. The predicted octanol–water partition coefficient (Wildman–Crippen LogP) is 2.40. The van der Waals surface area contributed by atoms with Crippen LogP contribution in [0.15, 0.2) is 18.2 Å². The molecule has 5 rings (SSSR count). The Hall–Kier alpha value is -2.14. The first kappa shape index (κ1) is 33.7. The smallest absolute Gasteiger partial charge is 0.207 e. The van der Waals surface area contributed by atoms with Crippen LogP contribution in [0.25, 0.3) is 0 Å². The van der Waals surface area contributed by atoms with E-state index in [1.165, 1.54) is 33.5 Å². The summed E-state index contributed by atoms with van der Waals surface area (Å²) in [6.07, 6.45) is -4.33. The Labute approximate surface area is 266 Å². The number of halogens is 2. The number of ether oxygens (including phenoxy) is 5. The molecule has 0 aromatic heterocycles. The molecule has 1 fully saturated rings. The van der Waals surface area contributed by atoms with Gasteiger partial charge in [-0.1, -0.05) is 28.1 Å². The van der Waals surface area contributed by atoms with E-state index < -0.39 is 76.2 Å². The highest BCUT2D eigenvalue weighted by Crippen LogP contribution is 2.54. The highest BCUT2D eigenvalue weighted by atomic mass is 79.9. The summed E-state index contributed by atoms with van der Waals surface area (Å²) in [6.45, 7) is 1.63. The van der Waals surface area contributed by atoms with Crippen LogP contribution in [0.3, 0.4) is 0 Å². The Kier molecular flexibility index (Phi) is 9.68. The predicted molar refractivity (Wildman–Crippen MR) is 161 cm³/mol. The van der Waals surface area contributed by atoms with Crippen molar-refractivity contribution in [2.75, 3.05) is 26.7 Å². The molecule has 0 bridgehead atoms. The van der Waals surface area contributed by atoms with Crippen LogP contribution >= 0.6 is 32.9 Å². The lowest BCUT2D eigenvalue weighted by Crippen LogP contribution is -2.61. The number of carbonyl (C=O) groups is 2. The number of aliphatic hydroxyl groups is 2. The fourth-order valence-electron chi connectivity index (χ4n) is 6.38. The van der Waals surface area contributed by atoms with Gasteiger partial charge in [0.2, 0.25) is 11.6 Å². The number of alkyl halides is 1. The van der Waals surface area contributed by atoms with Gasteiger partial charge < -0.3 is 49.8 Å². The van der Waals surface area contributed by atoms with Crippen LogP contribution in [0.2, 0.25) is 0 Å². The van der Waals surface area contributed by atoms with Crippen molar-refractivity contribution in [1.29, 1.82) is 0 Å². The van der Waals surface area contributed by atoms with Crippen LogP contribution in [-0.2, 0) is 25.4 Å². The topological polar surface area (TPSA) is 187 Å². The number of hydrogen-bond acceptors (Lipinski definition) is 12. The second-order valence-corrected chi connectivity index (χ2v) is 11.4. The summed E-state index contributed by atoms with van der Waals surface area (Å²) in [5.41, 5.74) is 3.36. The van der Waals surface area contributed by atoms with E-state index in [-0.39, 0.29) is 69.6 Å². The number of rotatable bonds is 7. The second-order valence-electron chi connectivity index (χ2n) is 10.9. The molecule has 2 aromatic rings. The van der Waals surface area contributed by atoms with Gasteiger partial charge in [0, 0.05) is 56.2 Å². The number of phenols is 2. The van der Waals surface area contributed by atoms with Crippen molar-refractivity contribution in [3.05, 3.63) is 51.6 Å². The van der Waals surface area contributed by atoms with Gasteiger partial charge in [-0.25, -0.2) is 0 Å². The number of aromatic hydroxyl groups is 2. The van der Waals surface area contributed by atoms with Crippen LogP contribution < -0.4 is 10.5 Å². The number of fused-ring (bicyclic) bond motifs is 3. The molecule has 1 heterocycles. The third kappa shape index (κ3) is 5.10. The van der Waals surface area contributed by atoms with Crippen LogP contribution in [-0.4, -0.2) is 94.6 Å². The van der Waals surface area contributed by atoms with E-state index in [9.17, 15) is 30.0 Å². The molecule has 12 nitrogen and oxygen atoms in total. The quantitative estimate of drug-likeness (QED) is 0.136. The highest BCUT2D eigenvalue weighted by Gasteiger charge is 2.57. The van der Waals surface area contributed by atoms with Gasteiger partial charge in [-0.05, 0) is 13.0 Å². The molecular formula is C29H35Br2NO11. The van der Waals surface area contributed by atoms with Gasteiger partial charge in [0.05, 0.1) is 47.4 Å². The first-order chi connectivity index (χ1) is 19.9. The maximum Gasteiger partial charge on any atom is 0.207 e. The minimum absolute atomic E-state index is 0. The molecule has 0 spiro atoms. The molecule has 3 aliphatic rings. The lowest BCUT2D eigenvalue weighted by Gasteiger charge is -2.49. The largest absolute Gasteiger partial charge is 0.507 e. The Morgan fingerprint density at radius 1 is 1.09 bits per heavy atom. The Morgan fingerprint density at radius 3 is 2.33 bits per heavy atom. The van der Waals surface area contributed by atoms with Crippen molar-refractivity contribution in [2.45, 2.75) is 68.2 Å². The zero-order valence-electron chi connectivity index (χ0n) is 24.0. The number of phenolic OH excluding ortho intramolecular Hbond substituents is 2. The van der Waals surface area contributed by atoms with Crippen molar-refractivity contribution in [3.8, 4) is 17.2 Å². The second kappa shape index (κ2) is 12.3. The minimum Gasteiger partial charge on any atom is -0.507 e. The van der Waals surface area contributed by atoms with Gasteiger partial charge >= 0.3 is 0 Å². The van der Waals surface area contributed by atoms with Crippen LogP contribution in [0.5, 0.6) is 17.2 Å². The highest BCUT2D eigenvalue weighted by molar-refractivity contribution is 9.09. The van der Waals surface area contributed by atoms with Crippen LogP contribution in [0.1, 0.15) is 68.8 Å². The summed E-state index contributed by atoms with van der Waals surface area (Å²) in [4.78, 5) is 27.5. The molecule has 6 unspecified atom stereocenters. The average molecular weight is 733 g/mol.